The molecular weight excluding hydrogens is 264 g/mol. The lowest BCUT2D eigenvalue weighted by molar-refractivity contribution is 0.789. The summed E-state index contributed by atoms with van der Waals surface area (Å²) < 4.78 is 0. The molecule has 0 saturated carbocycles. The highest BCUT2D eigenvalue weighted by atomic mass is 14.3. The maximum absolute atomic E-state index is 2.40. The molecular formula is C22H25. The van der Waals surface area contributed by atoms with Gasteiger partial charge >= 0.3 is 0 Å². The third kappa shape index (κ3) is 2.52. The summed E-state index contributed by atoms with van der Waals surface area (Å²) in [5.74, 6) is 0.576. The number of aryl methyl sites for hydroxylation is 2. The molecule has 0 saturated heterocycles. The fourth-order valence-electron chi connectivity index (χ4n) is 3.37. The maximum Gasteiger partial charge on any atom is 0.0167 e. The molecule has 0 atom stereocenters. The van der Waals surface area contributed by atoms with Gasteiger partial charge in [-0.25, -0.2) is 0 Å². The maximum atomic E-state index is 2.40. The topological polar surface area (TPSA) is 0 Å². The minimum Gasteiger partial charge on any atom is -0.0620 e. The number of allylic oxidation sites excluding steroid dienone is 1. The van der Waals surface area contributed by atoms with E-state index in [0.717, 1.165) is 12.8 Å². The molecule has 0 aromatic heterocycles. The standard InChI is InChI=1S/C22H25/c1-5-16-9-7-8-10-20(16)22-17(6-2)11-12-18-13-19(15(3)4)14-21(18)22/h7-15H,5-6H2,1-4H3. The van der Waals surface area contributed by atoms with Crippen molar-refractivity contribution in [1.82, 2.24) is 0 Å². The van der Waals surface area contributed by atoms with Crippen LogP contribution >= 0.6 is 0 Å². The molecule has 2 aromatic rings. The fourth-order valence-corrected chi connectivity index (χ4v) is 3.37. The molecule has 1 aliphatic carbocycles. The lowest BCUT2D eigenvalue weighted by Gasteiger charge is -2.16. The molecule has 0 heteroatoms. The summed E-state index contributed by atoms with van der Waals surface area (Å²) in [5.41, 5.74) is 9.99. The lowest BCUT2D eigenvalue weighted by Crippen LogP contribution is -1.97. The molecule has 0 unspecified atom stereocenters. The van der Waals surface area contributed by atoms with Crippen LogP contribution in [0.15, 0.2) is 42.0 Å². The Morgan fingerprint density at radius 1 is 0.864 bits per heavy atom. The first kappa shape index (κ1) is 15.1. The Bertz CT molecular complexity index is 717. The molecule has 0 nitrogen and oxygen atoms in total. The van der Waals surface area contributed by atoms with Crippen molar-refractivity contribution in [1.29, 1.82) is 0 Å². The van der Waals surface area contributed by atoms with E-state index in [9.17, 15) is 0 Å². The van der Waals surface area contributed by atoms with E-state index < -0.39 is 0 Å². The van der Waals surface area contributed by atoms with Gasteiger partial charge in [0, 0.05) is 6.42 Å². The van der Waals surface area contributed by atoms with Gasteiger partial charge in [-0.1, -0.05) is 75.7 Å². The Kier molecular flexibility index (Phi) is 4.20. The van der Waals surface area contributed by atoms with Crippen LogP contribution in [0.1, 0.15) is 49.9 Å². The minimum absolute atomic E-state index is 0.576. The van der Waals surface area contributed by atoms with Gasteiger partial charge < -0.3 is 0 Å². The van der Waals surface area contributed by atoms with Crippen molar-refractivity contribution >= 4 is 6.08 Å². The molecule has 1 radical (unpaired) electrons. The van der Waals surface area contributed by atoms with Crippen molar-refractivity contribution in [3.63, 3.8) is 0 Å². The van der Waals surface area contributed by atoms with E-state index >= 15 is 0 Å². The quantitative estimate of drug-likeness (QED) is 0.639. The molecule has 0 N–H and O–H groups in total. The van der Waals surface area contributed by atoms with Gasteiger partial charge in [-0.2, -0.15) is 0 Å². The summed E-state index contributed by atoms with van der Waals surface area (Å²) >= 11 is 0. The summed E-state index contributed by atoms with van der Waals surface area (Å²) in [6, 6.07) is 13.5. The average Bonchev–Trinajstić information content (AvgIpc) is 2.98. The van der Waals surface area contributed by atoms with Crippen LogP contribution in [0, 0.1) is 12.3 Å². The SMILES string of the molecule is CCc1ccccc1-c1c(CC)ccc2c1C=C(C(C)C)[CH]2. The molecule has 3 rings (SSSR count). The van der Waals surface area contributed by atoms with E-state index in [0.29, 0.717) is 5.92 Å². The molecule has 0 aliphatic heterocycles. The highest BCUT2D eigenvalue weighted by Crippen LogP contribution is 2.40. The predicted molar refractivity (Wildman–Crippen MR) is 96.9 cm³/mol. The molecule has 0 fully saturated rings. The van der Waals surface area contributed by atoms with E-state index in [1.165, 1.54) is 39.0 Å². The predicted octanol–water partition coefficient (Wildman–Crippen LogP) is 6.08. The normalized spacial score (nSPS) is 13.4. The van der Waals surface area contributed by atoms with Gasteiger partial charge in [-0.15, -0.1) is 0 Å². The Hall–Kier alpha value is -1.82. The lowest BCUT2D eigenvalue weighted by atomic mass is 9.88. The van der Waals surface area contributed by atoms with Crippen molar-refractivity contribution in [3.05, 3.63) is 70.6 Å². The summed E-state index contributed by atoms with van der Waals surface area (Å²) in [5, 5.41) is 0. The first-order valence-corrected chi connectivity index (χ1v) is 8.46. The minimum atomic E-state index is 0.576. The summed E-state index contributed by atoms with van der Waals surface area (Å²) in [6.45, 7) is 9.05. The third-order valence-electron chi connectivity index (χ3n) is 4.71. The molecule has 0 spiro atoms. The summed E-state index contributed by atoms with van der Waals surface area (Å²) in [6.07, 6.45) is 6.91. The van der Waals surface area contributed by atoms with Crippen LogP contribution in [0.2, 0.25) is 0 Å². The van der Waals surface area contributed by atoms with Crippen LogP contribution in [-0.2, 0) is 12.8 Å². The van der Waals surface area contributed by atoms with Gasteiger partial charge in [0.2, 0.25) is 0 Å². The van der Waals surface area contributed by atoms with Crippen LogP contribution in [-0.4, -0.2) is 0 Å². The van der Waals surface area contributed by atoms with Crippen molar-refractivity contribution in [3.8, 4) is 11.1 Å². The van der Waals surface area contributed by atoms with Gasteiger partial charge in [0.05, 0.1) is 0 Å². The molecule has 22 heavy (non-hydrogen) atoms. The van der Waals surface area contributed by atoms with Crippen molar-refractivity contribution in [2.24, 2.45) is 5.92 Å². The van der Waals surface area contributed by atoms with E-state index in [2.05, 4.69) is 76.6 Å². The van der Waals surface area contributed by atoms with Gasteiger partial charge in [0.25, 0.3) is 0 Å². The number of benzene rings is 2. The first-order valence-electron chi connectivity index (χ1n) is 8.46. The second kappa shape index (κ2) is 6.12. The van der Waals surface area contributed by atoms with Crippen LogP contribution in [0.5, 0.6) is 0 Å². The van der Waals surface area contributed by atoms with Crippen molar-refractivity contribution in [2.45, 2.75) is 40.5 Å². The van der Waals surface area contributed by atoms with Crippen molar-refractivity contribution < 1.29 is 0 Å². The Labute approximate surface area is 134 Å². The van der Waals surface area contributed by atoms with Crippen molar-refractivity contribution in [2.75, 3.05) is 0 Å². The van der Waals surface area contributed by atoms with Crippen LogP contribution in [0.4, 0.5) is 0 Å². The fraction of sp³-hybridized carbons (Fsp3) is 0.318. The smallest absolute Gasteiger partial charge is 0.0167 e. The second-order valence-corrected chi connectivity index (χ2v) is 6.41. The summed E-state index contributed by atoms with van der Waals surface area (Å²) in [4.78, 5) is 0. The number of hydrogen-bond donors (Lipinski definition) is 0. The summed E-state index contributed by atoms with van der Waals surface area (Å²) in [7, 11) is 0. The van der Waals surface area contributed by atoms with E-state index in [1.807, 2.05) is 0 Å². The molecule has 0 amide bonds. The average molecular weight is 289 g/mol. The van der Waals surface area contributed by atoms with Gasteiger partial charge in [-0.05, 0) is 52.1 Å². The van der Waals surface area contributed by atoms with Gasteiger partial charge in [0.15, 0.2) is 0 Å². The van der Waals surface area contributed by atoms with Crippen LogP contribution in [0.25, 0.3) is 17.2 Å². The molecule has 0 bridgehead atoms. The number of hydrogen-bond acceptors (Lipinski definition) is 0. The van der Waals surface area contributed by atoms with E-state index in [1.54, 1.807) is 0 Å². The zero-order chi connectivity index (χ0) is 15.7. The first-order chi connectivity index (χ1) is 10.7. The number of fused-ring (bicyclic) bond motifs is 1. The van der Waals surface area contributed by atoms with Gasteiger partial charge in [-0.3, -0.25) is 0 Å². The molecule has 0 heterocycles. The Balaban J connectivity index is 2.25. The zero-order valence-electron chi connectivity index (χ0n) is 14.1. The molecule has 2 aromatic carbocycles. The van der Waals surface area contributed by atoms with Crippen LogP contribution in [0.3, 0.4) is 0 Å². The van der Waals surface area contributed by atoms with Gasteiger partial charge in [0.1, 0.15) is 0 Å². The molecule has 1 aliphatic rings. The highest BCUT2D eigenvalue weighted by molar-refractivity contribution is 5.86. The monoisotopic (exact) mass is 289 g/mol. The zero-order valence-corrected chi connectivity index (χ0v) is 14.1. The van der Waals surface area contributed by atoms with E-state index in [4.69, 9.17) is 0 Å². The second-order valence-electron chi connectivity index (χ2n) is 6.41. The molecule has 113 valence electrons. The number of rotatable bonds is 4. The van der Waals surface area contributed by atoms with Crippen LogP contribution < -0.4 is 0 Å². The van der Waals surface area contributed by atoms with E-state index in [-0.39, 0.29) is 0 Å². The Morgan fingerprint density at radius 2 is 1.59 bits per heavy atom. The third-order valence-corrected chi connectivity index (χ3v) is 4.71. The highest BCUT2D eigenvalue weighted by Gasteiger charge is 2.21. The largest absolute Gasteiger partial charge is 0.0620 e. The Morgan fingerprint density at radius 3 is 2.27 bits per heavy atom.